The van der Waals surface area contributed by atoms with Gasteiger partial charge >= 0.3 is 216 Å². The van der Waals surface area contributed by atoms with E-state index < -0.39 is 7.31 Å². The van der Waals surface area contributed by atoms with Gasteiger partial charge < -0.3 is 5.32 Å². The van der Waals surface area contributed by atoms with Crippen molar-refractivity contribution < 1.29 is 32.5 Å². The van der Waals surface area contributed by atoms with Crippen LogP contribution >= 0.6 is 100 Å². The van der Waals surface area contributed by atoms with Crippen molar-refractivity contribution in [2.24, 2.45) is 0 Å². The van der Waals surface area contributed by atoms with Crippen molar-refractivity contribution in [2.45, 2.75) is 13.8 Å². The van der Waals surface area contributed by atoms with E-state index in [1.807, 2.05) is 19.4 Å². The Labute approximate surface area is 233 Å². The summed E-state index contributed by atoms with van der Waals surface area (Å²) in [5, 5.41) is 0.942. The molecule has 188 valence electrons. The van der Waals surface area contributed by atoms with E-state index in [0.717, 1.165) is 0 Å². The second-order valence-corrected chi connectivity index (χ2v) is 13.5. The zero-order valence-corrected chi connectivity index (χ0v) is 24.4. The summed E-state index contributed by atoms with van der Waals surface area (Å²) < 4.78 is 36.3. The zero-order valence-electron chi connectivity index (χ0n) is 17.5. The third kappa shape index (κ3) is 3.40. The van der Waals surface area contributed by atoms with Crippen LogP contribution in [0.4, 0.5) is 0 Å². The number of hydrogen-bond donors (Lipinski definition) is 1. The van der Waals surface area contributed by atoms with E-state index in [2.05, 4.69) is 0 Å². The Morgan fingerprint density at radius 2 is 0.647 bits per heavy atom. The second kappa shape index (κ2) is 8.09. The average Bonchev–Trinajstić information content (AvgIpc) is 3.34. The maximum atomic E-state index is 6.34. The van der Waals surface area contributed by atoms with Gasteiger partial charge in [0.1, 0.15) is 0 Å². The minimum atomic E-state index is -6.28. The fraction of sp³-hybridized carbons (Fsp3) is 0.222. The Balaban J connectivity index is 0.000000868. The number of fused-ring (bicyclic) bond motifs is 2. The predicted molar refractivity (Wildman–Crippen MR) is 137 cm³/mol. The van der Waals surface area contributed by atoms with Gasteiger partial charge in [0.25, 0.3) is 0 Å². The zero-order chi connectivity index (χ0) is 25.4. The van der Waals surface area contributed by atoms with E-state index in [1.165, 1.54) is 0 Å². The summed E-state index contributed by atoms with van der Waals surface area (Å²) in [5.74, 6) is -0.393. The van der Waals surface area contributed by atoms with Crippen molar-refractivity contribution in [2.75, 3.05) is 14.1 Å². The van der Waals surface area contributed by atoms with Crippen molar-refractivity contribution in [3.63, 3.8) is 0 Å². The van der Waals surface area contributed by atoms with E-state index in [9.17, 15) is 0 Å². The Morgan fingerprint density at radius 3 is 0.853 bits per heavy atom. The van der Waals surface area contributed by atoms with E-state index in [-0.39, 0.29) is 74.7 Å². The standard InChI is InChI=1S/C16H6Cl8O6P.C2H7N/c1-3-4(2)26-31(25-3,27-13-9(21)5(17)6(18)10(22)14(13)28-31)29-15-11(23)7(19)8(20)12(24)16(15)30-31;1-3-2/h1-2H3;3H,1-2H3/q-1;/p+1. The van der Waals surface area contributed by atoms with Crippen molar-refractivity contribution >= 4 is 100 Å². The van der Waals surface area contributed by atoms with Crippen LogP contribution in [0.1, 0.15) is 13.8 Å². The van der Waals surface area contributed by atoms with Crippen LogP contribution in [0.5, 0.6) is 23.0 Å². The minimum absolute atomic E-state index is 0.107. The van der Waals surface area contributed by atoms with Gasteiger partial charge in [-0.2, -0.15) is 0 Å². The van der Waals surface area contributed by atoms with Crippen LogP contribution < -0.4 is 23.4 Å². The van der Waals surface area contributed by atoms with Crippen LogP contribution in [-0.2, 0) is 9.05 Å². The summed E-state index contributed by atoms with van der Waals surface area (Å²) in [6.07, 6.45) is 0. The van der Waals surface area contributed by atoms with Crippen LogP contribution in [0.3, 0.4) is 0 Å². The van der Waals surface area contributed by atoms with Crippen molar-refractivity contribution in [3.05, 3.63) is 51.7 Å². The predicted octanol–water partition coefficient (Wildman–Crippen LogP) is 8.84. The van der Waals surface area contributed by atoms with E-state index in [4.69, 9.17) is 120 Å². The first-order valence-electron chi connectivity index (χ1n) is 9.24. The van der Waals surface area contributed by atoms with Crippen molar-refractivity contribution in [3.8, 4) is 23.0 Å². The fourth-order valence-electron chi connectivity index (χ4n) is 3.22. The molecule has 0 fully saturated rings. The summed E-state index contributed by atoms with van der Waals surface area (Å²) in [6, 6.07) is 0. The SMILES string of the molecule is CC1=C(C)O[P-]23(O1)(Oc1c(Cl)c(Cl)c(Cl)c(Cl)c1O2)Oc1c(Cl)c(Cl)c(Cl)c(Cl)c1O3.C[NH2+]C. The largest absolute Gasteiger partial charge is 0.351 e. The molecule has 0 radical (unpaired) electrons. The maximum Gasteiger partial charge on any atom is 0.0647 e. The van der Waals surface area contributed by atoms with Crippen LogP contribution in [0, 0.1) is 0 Å². The smallest absolute Gasteiger partial charge is 0.0647 e. The van der Waals surface area contributed by atoms with Gasteiger partial charge in [-0.1, -0.05) is 0 Å². The number of allylic oxidation sites excluding steroid dienone is 2. The van der Waals surface area contributed by atoms with Gasteiger partial charge in [0.2, 0.25) is 0 Å². The van der Waals surface area contributed by atoms with Crippen LogP contribution in [0.2, 0.25) is 40.2 Å². The normalized spacial score (nSPS) is 21.2. The molecule has 3 heterocycles. The third-order valence-corrected chi connectivity index (χ3v) is 11.7. The van der Waals surface area contributed by atoms with Crippen LogP contribution in [0.15, 0.2) is 11.5 Å². The first kappa shape index (κ1) is 26.7. The summed E-state index contributed by atoms with van der Waals surface area (Å²) in [7, 11) is -2.28. The summed E-state index contributed by atoms with van der Waals surface area (Å²) in [6.45, 7) is 3.12. The van der Waals surface area contributed by atoms with Crippen molar-refractivity contribution in [1.82, 2.24) is 0 Å². The number of nitrogens with two attached hydrogens (primary N) is 1. The first-order valence-corrected chi connectivity index (χ1v) is 14.5. The summed E-state index contributed by atoms with van der Waals surface area (Å²) in [5.41, 5.74) is 0. The first-order chi connectivity index (χ1) is 15.7. The molecule has 0 bridgehead atoms. The average molecular weight is 655 g/mol. The molecular weight excluding hydrogens is 641 g/mol. The molecule has 2 aromatic carbocycles. The fourth-order valence-corrected chi connectivity index (χ4v) is 9.35. The molecule has 1 spiro atoms. The molecule has 7 nitrogen and oxygen atoms in total. The number of rotatable bonds is 0. The van der Waals surface area contributed by atoms with E-state index in [1.54, 1.807) is 13.8 Å². The number of benzene rings is 2. The van der Waals surface area contributed by atoms with E-state index in [0.29, 0.717) is 0 Å². The van der Waals surface area contributed by atoms with E-state index >= 15 is 0 Å². The van der Waals surface area contributed by atoms with Gasteiger partial charge in [-0.05, 0) is 0 Å². The molecule has 3 aliphatic heterocycles. The molecule has 3 aliphatic rings. The summed E-state index contributed by atoms with van der Waals surface area (Å²) in [4.78, 5) is 0. The molecule has 0 aromatic heterocycles. The molecule has 0 saturated carbocycles. The number of halogens is 8. The number of hydrogen-bond acceptors (Lipinski definition) is 6. The molecule has 34 heavy (non-hydrogen) atoms. The van der Waals surface area contributed by atoms with Gasteiger partial charge in [0.15, 0.2) is 0 Å². The quantitative estimate of drug-likeness (QED) is 0.174. The third-order valence-electron chi connectivity index (χ3n) is 4.62. The second-order valence-electron chi connectivity index (χ2n) is 7.18. The van der Waals surface area contributed by atoms with Gasteiger partial charge in [-0.15, -0.1) is 0 Å². The Bertz CT molecular complexity index is 1150. The molecule has 0 amide bonds. The molecule has 2 N–H and O–H groups in total. The van der Waals surface area contributed by atoms with Crippen LogP contribution in [-0.4, -0.2) is 14.1 Å². The molecule has 0 unspecified atom stereocenters. The molecule has 5 rings (SSSR count). The van der Waals surface area contributed by atoms with Crippen LogP contribution in [0.25, 0.3) is 0 Å². The van der Waals surface area contributed by atoms with Gasteiger partial charge in [0.05, 0.1) is 14.1 Å². The Morgan fingerprint density at radius 1 is 0.441 bits per heavy atom. The molecule has 0 atom stereocenters. The molecular formula is C18H14Cl8NO6P. The molecule has 0 saturated heterocycles. The Hall–Kier alpha value is -0.310. The van der Waals surface area contributed by atoms with Gasteiger partial charge in [-0.25, -0.2) is 0 Å². The molecule has 2 aromatic rings. The summed E-state index contributed by atoms with van der Waals surface area (Å²) >= 11 is 50.1. The van der Waals surface area contributed by atoms with Gasteiger partial charge in [0, 0.05) is 0 Å². The Kier molecular flexibility index (Phi) is 6.37. The van der Waals surface area contributed by atoms with Crippen molar-refractivity contribution in [1.29, 1.82) is 0 Å². The maximum absolute atomic E-state index is 6.34. The van der Waals surface area contributed by atoms with Gasteiger partial charge in [-0.3, -0.25) is 0 Å². The molecule has 16 heteroatoms. The minimum Gasteiger partial charge on any atom is -0.351 e. The molecule has 0 aliphatic carbocycles. The number of quaternary nitrogens is 1. The topological polar surface area (TPSA) is 72.0 Å². The monoisotopic (exact) mass is 651 g/mol.